The third-order valence-electron chi connectivity index (χ3n) is 2.79. The predicted molar refractivity (Wildman–Crippen MR) is 60.0 cm³/mol. The molecule has 1 aliphatic rings. The lowest BCUT2D eigenvalue weighted by Gasteiger charge is -2.04. The highest BCUT2D eigenvalue weighted by atomic mass is 16.6. The number of ether oxygens (including phenoxy) is 1. The van der Waals surface area contributed by atoms with Crippen LogP contribution in [0.4, 0.5) is 0 Å². The Balaban J connectivity index is 2.29. The third-order valence-corrected chi connectivity index (χ3v) is 2.79. The van der Waals surface area contributed by atoms with E-state index in [1.165, 1.54) is 25.7 Å². The minimum atomic E-state index is -0.292. The van der Waals surface area contributed by atoms with Crippen LogP contribution in [0.15, 0.2) is 12.2 Å². The van der Waals surface area contributed by atoms with Crippen LogP contribution in [-0.4, -0.2) is 11.7 Å². The summed E-state index contributed by atoms with van der Waals surface area (Å²) in [5, 5.41) is 0. The van der Waals surface area contributed by atoms with E-state index >= 15 is 0 Å². The van der Waals surface area contributed by atoms with E-state index in [-0.39, 0.29) is 11.7 Å². The summed E-state index contributed by atoms with van der Waals surface area (Å²) >= 11 is 0. The Kier molecular flexibility index (Phi) is 3.77. The molecule has 0 aromatic carbocycles. The van der Waals surface area contributed by atoms with E-state index in [2.05, 4.69) is 19.4 Å². The second-order valence-corrected chi connectivity index (χ2v) is 4.19. The smallest absolute Gasteiger partial charge is 0.159 e. The van der Waals surface area contributed by atoms with Crippen molar-refractivity contribution in [3.63, 3.8) is 0 Å². The van der Waals surface area contributed by atoms with Gasteiger partial charge in [0.1, 0.15) is 6.10 Å². The molecule has 2 atom stereocenters. The first kappa shape index (κ1) is 11.3. The lowest BCUT2D eigenvalue weighted by Crippen LogP contribution is -2.12. The fourth-order valence-electron chi connectivity index (χ4n) is 1.86. The molecule has 0 spiro atoms. The molecule has 2 unspecified atom stereocenters. The van der Waals surface area contributed by atoms with E-state index in [4.69, 9.17) is 11.2 Å². The van der Waals surface area contributed by atoms with Crippen molar-refractivity contribution < 1.29 is 4.74 Å². The van der Waals surface area contributed by atoms with E-state index in [1.807, 2.05) is 6.92 Å². The van der Waals surface area contributed by atoms with Crippen LogP contribution in [0.5, 0.6) is 0 Å². The van der Waals surface area contributed by atoms with Crippen molar-refractivity contribution in [2.24, 2.45) is 0 Å². The van der Waals surface area contributed by atoms with Crippen molar-refractivity contribution >= 4 is 0 Å². The molecule has 0 aromatic heterocycles. The van der Waals surface area contributed by atoms with Gasteiger partial charge in [0.25, 0.3) is 0 Å². The van der Waals surface area contributed by atoms with Crippen LogP contribution in [0.3, 0.4) is 0 Å². The van der Waals surface area contributed by atoms with E-state index in [1.54, 1.807) is 0 Å². The minimum Gasteiger partial charge on any atom is -0.348 e. The van der Waals surface area contributed by atoms with Gasteiger partial charge in [-0.3, -0.25) is 0 Å². The Morgan fingerprint density at radius 3 is 2.64 bits per heavy atom. The molecule has 0 radical (unpaired) electrons. The quantitative estimate of drug-likeness (QED) is 0.272. The van der Waals surface area contributed by atoms with E-state index in [0.29, 0.717) is 0 Å². The molecule has 78 valence electrons. The molecule has 1 heterocycles. The van der Waals surface area contributed by atoms with Crippen molar-refractivity contribution in [3.05, 3.63) is 12.2 Å². The van der Waals surface area contributed by atoms with Gasteiger partial charge in [-0.2, -0.15) is 0 Å². The first-order chi connectivity index (χ1) is 6.66. The van der Waals surface area contributed by atoms with Crippen molar-refractivity contribution in [1.29, 1.82) is 0 Å². The molecule has 0 amide bonds. The fraction of sp³-hybridized carbons (Fsp3) is 0.692. The molecule has 0 aliphatic carbocycles. The van der Waals surface area contributed by atoms with Gasteiger partial charge in [-0.1, -0.05) is 38.7 Å². The van der Waals surface area contributed by atoms with Crippen LogP contribution in [0, 0.1) is 12.3 Å². The van der Waals surface area contributed by atoms with Gasteiger partial charge in [-0.25, -0.2) is 0 Å². The Morgan fingerprint density at radius 2 is 2.21 bits per heavy atom. The number of epoxide rings is 1. The number of hydrogen-bond donors (Lipinski definition) is 0. The van der Waals surface area contributed by atoms with Gasteiger partial charge in [0, 0.05) is 0 Å². The topological polar surface area (TPSA) is 12.5 Å². The van der Waals surface area contributed by atoms with E-state index in [9.17, 15) is 0 Å². The van der Waals surface area contributed by atoms with Gasteiger partial charge in [-0.15, -0.1) is 6.42 Å². The summed E-state index contributed by atoms with van der Waals surface area (Å²) in [6, 6.07) is 0. The van der Waals surface area contributed by atoms with Crippen LogP contribution in [0.2, 0.25) is 0 Å². The second-order valence-electron chi connectivity index (χ2n) is 4.19. The summed E-state index contributed by atoms with van der Waals surface area (Å²) in [5.74, 6) is 2.78. The Labute approximate surface area is 87.5 Å². The summed E-state index contributed by atoms with van der Waals surface area (Å²) < 4.78 is 5.56. The van der Waals surface area contributed by atoms with Crippen molar-refractivity contribution in [2.75, 3.05) is 0 Å². The highest BCUT2D eigenvalue weighted by Crippen LogP contribution is 2.44. The van der Waals surface area contributed by atoms with Gasteiger partial charge < -0.3 is 4.74 Å². The molecule has 1 rings (SSSR count). The number of rotatable bonds is 6. The van der Waals surface area contributed by atoms with Crippen molar-refractivity contribution in [1.82, 2.24) is 0 Å². The molecule has 0 aromatic rings. The molecular formula is C13H20O. The molecule has 1 fully saturated rings. The molecule has 1 aliphatic heterocycles. The minimum absolute atomic E-state index is 0.120. The van der Waals surface area contributed by atoms with Gasteiger partial charge >= 0.3 is 0 Å². The molecule has 0 N–H and O–H groups in total. The van der Waals surface area contributed by atoms with Crippen molar-refractivity contribution in [3.8, 4) is 12.3 Å². The summed E-state index contributed by atoms with van der Waals surface area (Å²) in [4.78, 5) is 0. The average Bonchev–Trinajstić information content (AvgIpc) is 2.88. The van der Waals surface area contributed by atoms with Crippen molar-refractivity contribution in [2.45, 2.75) is 57.7 Å². The maximum absolute atomic E-state index is 5.56. The first-order valence-electron chi connectivity index (χ1n) is 5.47. The third kappa shape index (κ3) is 2.39. The number of terminal acetylenes is 1. The zero-order valence-corrected chi connectivity index (χ0v) is 9.31. The number of unbranched alkanes of at least 4 members (excludes halogenated alkanes) is 3. The number of hydrogen-bond acceptors (Lipinski definition) is 1. The summed E-state index contributed by atoms with van der Waals surface area (Å²) in [6.07, 6.45) is 11.6. The summed E-state index contributed by atoms with van der Waals surface area (Å²) in [5.41, 5.74) is 0.762. The molecule has 1 saturated heterocycles. The van der Waals surface area contributed by atoms with Gasteiger partial charge in [0.2, 0.25) is 0 Å². The van der Waals surface area contributed by atoms with Crippen LogP contribution >= 0.6 is 0 Å². The largest absolute Gasteiger partial charge is 0.348 e. The lowest BCUT2D eigenvalue weighted by molar-refractivity contribution is 0.326. The monoisotopic (exact) mass is 192 g/mol. The van der Waals surface area contributed by atoms with Gasteiger partial charge in [0.05, 0.1) is 0 Å². The summed E-state index contributed by atoms with van der Waals surface area (Å²) in [6.45, 7) is 8.08. The highest BCUT2D eigenvalue weighted by Gasteiger charge is 2.54. The molecule has 0 saturated carbocycles. The fourth-order valence-corrected chi connectivity index (χ4v) is 1.86. The maximum atomic E-state index is 5.56. The summed E-state index contributed by atoms with van der Waals surface area (Å²) in [7, 11) is 0. The van der Waals surface area contributed by atoms with Gasteiger partial charge in [-0.05, 0) is 25.3 Å². The normalized spacial score (nSPS) is 29.6. The molecule has 1 heteroatoms. The van der Waals surface area contributed by atoms with E-state index in [0.717, 1.165) is 12.0 Å². The molecule has 0 bridgehead atoms. The zero-order chi connectivity index (χ0) is 10.6. The van der Waals surface area contributed by atoms with Crippen LogP contribution in [0.1, 0.15) is 46.0 Å². The average molecular weight is 192 g/mol. The van der Waals surface area contributed by atoms with Crippen LogP contribution in [-0.2, 0) is 4.74 Å². The standard InChI is InChI=1S/C13H20O/c1-5-7-8-9-10-13(6-2)12(14-13)11(3)4/h2,12H,3,5,7-10H2,1,4H3. The van der Waals surface area contributed by atoms with Crippen LogP contribution in [0.25, 0.3) is 0 Å². The molecular weight excluding hydrogens is 172 g/mol. The van der Waals surface area contributed by atoms with Crippen LogP contribution < -0.4 is 0 Å². The predicted octanol–water partition coefficient (Wildman–Crippen LogP) is 3.30. The van der Waals surface area contributed by atoms with Gasteiger partial charge in [0.15, 0.2) is 5.60 Å². The highest BCUT2D eigenvalue weighted by molar-refractivity contribution is 5.30. The molecule has 14 heavy (non-hydrogen) atoms. The maximum Gasteiger partial charge on any atom is 0.159 e. The Morgan fingerprint density at radius 1 is 1.50 bits per heavy atom. The zero-order valence-electron chi connectivity index (χ0n) is 9.31. The molecule has 1 nitrogen and oxygen atoms in total. The second kappa shape index (κ2) is 4.66. The Hall–Kier alpha value is -0.740. The SMILES string of the molecule is C#CC1(CCCCCC)OC1C(=C)C. The lowest BCUT2D eigenvalue weighted by atomic mass is 9.95. The Bertz CT molecular complexity index is 248. The first-order valence-corrected chi connectivity index (χ1v) is 5.47. The van der Waals surface area contributed by atoms with E-state index < -0.39 is 0 Å².